The Bertz CT molecular complexity index is 491. The van der Waals surface area contributed by atoms with E-state index in [0.717, 1.165) is 32.1 Å². The predicted molar refractivity (Wildman–Crippen MR) is 109 cm³/mol. The minimum absolute atomic E-state index is 0.0617. The van der Waals surface area contributed by atoms with Crippen molar-refractivity contribution in [2.75, 3.05) is 13.1 Å². The van der Waals surface area contributed by atoms with Gasteiger partial charge in [-0.05, 0) is 18.3 Å². The Morgan fingerprint density at radius 3 is 2.04 bits per heavy atom. The molecule has 1 aliphatic rings. The van der Waals surface area contributed by atoms with Crippen LogP contribution in [0.2, 0.25) is 0 Å². The summed E-state index contributed by atoms with van der Waals surface area (Å²) in [6, 6.07) is -0.665. The van der Waals surface area contributed by atoms with Crippen molar-refractivity contribution in [2.45, 2.75) is 91.0 Å². The molecule has 3 N–H and O–H groups in total. The minimum atomic E-state index is -0.665. The van der Waals surface area contributed by atoms with E-state index in [9.17, 15) is 19.6 Å². The zero-order valence-electron chi connectivity index (χ0n) is 17.8. The number of carbonyl (C=O) groups is 3. The lowest BCUT2D eigenvalue weighted by atomic mass is 9.85. The van der Waals surface area contributed by atoms with E-state index in [1.54, 1.807) is 0 Å². The maximum atomic E-state index is 12.9. The molecule has 7 nitrogen and oxygen atoms in total. The molecule has 0 spiro atoms. The smallest absolute Gasteiger partial charge is 0.243 e. The van der Waals surface area contributed by atoms with Crippen molar-refractivity contribution >= 4 is 18.2 Å². The van der Waals surface area contributed by atoms with Gasteiger partial charge in [0.15, 0.2) is 0 Å². The van der Waals surface area contributed by atoms with Crippen LogP contribution in [-0.4, -0.2) is 47.6 Å². The van der Waals surface area contributed by atoms with E-state index in [-0.39, 0.29) is 18.4 Å². The van der Waals surface area contributed by atoms with Crippen molar-refractivity contribution in [1.29, 1.82) is 0 Å². The molecule has 0 aliphatic carbocycles. The molecule has 2 atom stereocenters. The number of amides is 3. The molecule has 162 valence electrons. The van der Waals surface area contributed by atoms with E-state index >= 15 is 0 Å². The summed E-state index contributed by atoms with van der Waals surface area (Å²) < 4.78 is 0. The van der Waals surface area contributed by atoms with Crippen LogP contribution in [0.5, 0.6) is 0 Å². The van der Waals surface area contributed by atoms with Crippen LogP contribution >= 0.6 is 0 Å². The lowest BCUT2D eigenvalue weighted by Crippen LogP contribution is -2.55. The van der Waals surface area contributed by atoms with Crippen molar-refractivity contribution in [1.82, 2.24) is 15.7 Å². The molecule has 0 aromatic rings. The Kier molecular flexibility index (Phi) is 11.1. The van der Waals surface area contributed by atoms with Gasteiger partial charge < -0.3 is 10.6 Å². The summed E-state index contributed by atoms with van der Waals surface area (Å²) >= 11 is 0. The Labute approximate surface area is 169 Å². The topological polar surface area (TPSA) is 98.7 Å². The van der Waals surface area contributed by atoms with Crippen LogP contribution in [0, 0.1) is 11.3 Å². The molecule has 1 saturated heterocycles. The number of nitrogens with one attached hydrogen (secondary N) is 2. The largest absolute Gasteiger partial charge is 0.354 e. The fourth-order valence-electron chi connectivity index (χ4n) is 3.58. The van der Waals surface area contributed by atoms with E-state index in [1.807, 2.05) is 20.8 Å². The van der Waals surface area contributed by atoms with Crippen LogP contribution in [0.15, 0.2) is 0 Å². The summed E-state index contributed by atoms with van der Waals surface area (Å²) in [6.07, 6.45) is 10.8. The molecule has 3 amide bonds. The van der Waals surface area contributed by atoms with Crippen molar-refractivity contribution in [3.8, 4) is 0 Å². The van der Waals surface area contributed by atoms with Crippen molar-refractivity contribution < 1.29 is 19.6 Å². The highest BCUT2D eigenvalue weighted by atomic mass is 16.5. The van der Waals surface area contributed by atoms with Gasteiger partial charge >= 0.3 is 0 Å². The molecule has 0 unspecified atom stereocenters. The minimum Gasteiger partial charge on any atom is -0.354 e. The van der Waals surface area contributed by atoms with Gasteiger partial charge in [0.1, 0.15) is 6.04 Å². The number of rotatable bonds is 3. The third kappa shape index (κ3) is 9.53. The predicted octanol–water partition coefficient (Wildman–Crippen LogP) is 3.01. The number of hydroxylamine groups is 2. The van der Waals surface area contributed by atoms with E-state index in [2.05, 4.69) is 10.6 Å². The van der Waals surface area contributed by atoms with Crippen LogP contribution < -0.4 is 10.6 Å². The molecule has 1 aliphatic heterocycles. The average Bonchev–Trinajstić information content (AvgIpc) is 2.63. The van der Waals surface area contributed by atoms with Gasteiger partial charge in [0.25, 0.3) is 0 Å². The molecular formula is C21H39N3O4. The second-order valence-corrected chi connectivity index (χ2v) is 8.99. The van der Waals surface area contributed by atoms with Gasteiger partial charge in [0.2, 0.25) is 18.2 Å². The first kappa shape index (κ1) is 24.4. The maximum Gasteiger partial charge on any atom is 0.243 e. The van der Waals surface area contributed by atoms with Gasteiger partial charge in [-0.3, -0.25) is 19.6 Å². The molecule has 0 bridgehead atoms. The van der Waals surface area contributed by atoms with Crippen LogP contribution in [-0.2, 0) is 14.4 Å². The van der Waals surface area contributed by atoms with E-state index < -0.39 is 17.4 Å². The van der Waals surface area contributed by atoms with Crippen LogP contribution in [0.1, 0.15) is 85.0 Å². The SMILES string of the molecule is CC(C)(C)[C@@H]1NC(=O)[C@@H](CN(O)C=O)CCCCCCCCCCCNC1=O. The summed E-state index contributed by atoms with van der Waals surface area (Å²) in [7, 11) is 0. The lowest BCUT2D eigenvalue weighted by Gasteiger charge is -2.32. The lowest BCUT2D eigenvalue weighted by molar-refractivity contribution is -0.155. The molecule has 0 radical (unpaired) electrons. The normalized spacial score (nSPS) is 24.6. The van der Waals surface area contributed by atoms with Crippen molar-refractivity contribution in [2.24, 2.45) is 11.3 Å². The number of hydrogen-bond acceptors (Lipinski definition) is 4. The van der Waals surface area contributed by atoms with Crippen LogP contribution in [0.3, 0.4) is 0 Å². The quantitative estimate of drug-likeness (QED) is 0.387. The zero-order chi connectivity index (χ0) is 21.0. The summed E-state index contributed by atoms with van der Waals surface area (Å²) in [6.45, 7) is 6.30. The Balaban J connectivity index is 2.88. The Morgan fingerprint density at radius 2 is 1.50 bits per heavy atom. The first-order valence-corrected chi connectivity index (χ1v) is 10.7. The van der Waals surface area contributed by atoms with E-state index in [0.29, 0.717) is 24.4 Å². The molecule has 1 fully saturated rings. The zero-order valence-corrected chi connectivity index (χ0v) is 17.8. The fourth-order valence-corrected chi connectivity index (χ4v) is 3.58. The fraction of sp³-hybridized carbons (Fsp3) is 0.857. The van der Waals surface area contributed by atoms with Gasteiger partial charge in [0.05, 0.1) is 12.5 Å². The summed E-state index contributed by atoms with van der Waals surface area (Å²) in [5, 5.41) is 15.9. The highest BCUT2D eigenvalue weighted by Crippen LogP contribution is 2.21. The highest BCUT2D eigenvalue weighted by molar-refractivity contribution is 5.89. The molecule has 0 aromatic heterocycles. The van der Waals surface area contributed by atoms with E-state index in [1.165, 1.54) is 25.7 Å². The Hall–Kier alpha value is -1.63. The third-order valence-corrected chi connectivity index (χ3v) is 5.34. The summed E-state index contributed by atoms with van der Waals surface area (Å²) in [5.41, 5.74) is -0.448. The van der Waals surface area contributed by atoms with Crippen molar-refractivity contribution in [3.63, 3.8) is 0 Å². The van der Waals surface area contributed by atoms with Gasteiger partial charge in [0, 0.05) is 6.54 Å². The third-order valence-electron chi connectivity index (χ3n) is 5.34. The molecule has 0 saturated carbocycles. The van der Waals surface area contributed by atoms with Gasteiger partial charge in [-0.25, -0.2) is 5.06 Å². The number of nitrogens with zero attached hydrogens (tertiary/aromatic N) is 1. The maximum absolute atomic E-state index is 12.9. The standard InChI is InChI=1S/C21H39N3O4/c1-21(2,3)18-20(27)22-14-12-10-8-6-4-5-7-9-11-13-17(19(26)23-18)15-24(28)16-25/h16-18,28H,4-15H2,1-3H3,(H,22,27)(H,23,26)/t17-,18-/m1/s1. The first-order chi connectivity index (χ1) is 13.3. The number of carbonyl (C=O) groups excluding carboxylic acids is 3. The highest BCUT2D eigenvalue weighted by Gasteiger charge is 2.34. The van der Waals surface area contributed by atoms with Gasteiger partial charge in [-0.2, -0.15) is 0 Å². The molecular weight excluding hydrogens is 358 g/mol. The van der Waals surface area contributed by atoms with Gasteiger partial charge in [-0.1, -0.05) is 72.1 Å². The van der Waals surface area contributed by atoms with Crippen molar-refractivity contribution in [3.05, 3.63) is 0 Å². The average molecular weight is 398 g/mol. The molecule has 0 aromatic carbocycles. The van der Waals surface area contributed by atoms with Crippen LogP contribution in [0.25, 0.3) is 0 Å². The molecule has 1 rings (SSSR count). The summed E-state index contributed by atoms with van der Waals surface area (Å²) in [5.74, 6) is -1.01. The number of hydrogen-bond donors (Lipinski definition) is 3. The Morgan fingerprint density at radius 1 is 0.964 bits per heavy atom. The molecule has 28 heavy (non-hydrogen) atoms. The van der Waals surface area contributed by atoms with Crippen LogP contribution in [0.4, 0.5) is 0 Å². The monoisotopic (exact) mass is 397 g/mol. The second kappa shape index (κ2) is 12.8. The first-order valence-electron chi connectivity index (χ1n) is 10.7. The van der Waals surface area contributed by atoms with Gasteiger partial charge in [-0.15, -0.1) is 0 Å². The molecule has 1 heterocycles. The second-order valence-electron chi connectivity index (χ2n) is 8.99. The van der Waals surface area contributed by atoms with E-state index in [4.69, 9.17) is 0 Å². The summed E-state index contributed by atoms with van der Waals surface area (Å²) in [4.78, 5) is 36.4. The molecule has 7 heteroatoms.